The molecule has 0 unspecified atom stereocenters. The number of rotatable bonds is 6. The van der Waals surface area contributed by atoms with E-state index in [9.17, 15) is 9.59 Å². The SMILES string of the molecule is COC(=O)c1cccc(CNc2ccc(NC(=O)Nc3ccc(N)cc3)cc2)c1. The zero-order valence-electron chi connectivity index (χ0n) is 15.9. The normalized spacial score (nSPS) is 10.1. The van der Waals surface area contributed by atoms with E-state index in [-0.39, 0.29) is 12.0 Å². The number of methoxy groups -OCH3 is 1. The van der Waals surface area contributed by atoms with Crippen molar-refractivity contribution in [3.63, 3.8) is 0 Å². The maximum absolute atomic E-state index is 12.1. The molecule has 0 atom stereocenters. The summed E-state index contributed by atoms with van der Waals surface area (Å²) in [4.78, 5) is 23.7. The molecule has 7 heteroatoms. The van der Waals surface area contributed by atoms with Gasteiger partial charge in [-0.25, -0.2) is 9.59 Å². The van der Waals surface area contributed by atoms with Gasteiger partial charge in [-0.15, -0.1) is 0 Å². The van der Waals surface area contributed by atoms with Crippen LogP contribution in [0.2, 0.25) is 0 Å². The van der Waals surface area contributed by atoms with Gasteiger partial charge in [0.15, 0.2) is 0 Å². The van der Waals surface area contributed by atoms with E-state index in [4.69, 9.17) is 10.5 Å². The molecular weight excluding hydrogens is 368 g/mol. The Bertz CT molecular complexity index is 986. The fourth-order valence-electron chi connectivity index (χ4n) is 2.66. The summed E-state index contributed by atoms with van der Waals surface area (Å²) >= 11 is 0. The van der Waals surface area contributed by atoms with Crippen molar-refractivity contribution in [3.8, 4) is 0 Å². The summed E-state index contributed by atoms with van der Waals surface area (Å²) in [5, 5.41) is 8.79. The largest absolute Gasteiger partial charge is 0.465 e. The summed E-state index contributed by atoms with van der Waals surface area (Å²) < 4.78 is 4.74. The van der Waals surface area contributed by atoms with E-state index in [1.807, 2.05) is 24.3 Å². The van der Waals surface area contributed by atoms with E-state index in [1.54, 1.807) is 48.5 Å². The van der Waals surface area contributed by atoms with E-state index in [1.165, 1.54) is 7.11 Å². The molecular formula is C22H22N4O3. The number of hydrogen-bond donors (Lipinski definition) is 4. The summed E-state index contributed by atoms with van der Waals surface area (Å²) in [6.45, 7) is 0.551. The molecule has 5 N–H and O–H groups in total. The molecule has 0 radical (unpaired) electrons. The van der Waals surface area contributed by atoms with Gasteiger partial charge in [-0.3, -0.25) is 0 Å². The molecule has 3 aromatic rings. The lowest BCUT2D eigenvalue weighted by molar-refractivity contribution is 0.0600. The monoisotopic (exact) mass is 390 g/mol. The zero-order chi connectivity index (χ0) is 20.6. The highest BCUT2D eigenvalue weighted by atomic mass is 16.5. The van der Waals surface area contributed by atoms with Crippen LogP contribution in [0.25, 0.3) is 0 Å². The van der Waals surface area contributed by atoms with E-state index in [0.717, 1.165) is 11.3 Å². The second-order valence-corrected chi connectivity index (χ2v) is 6.32. The molecule has 0 aliphatic rings. The lowest BCUT2D eigenvalue weighted by Gasteiger charge is -2.10. The number of nitrogen functional groups attached to an aromatic ring is 1. The first-order valence-corrected chi connectivity index (χ1v) is 8.98. The second kappa shape index (κ2) is 9.27. The van der Waals surface area contributed by atoms with Crippen molar-refractivity contribution < 1.29 is 14.3 Å². The predicted molar refractivity (Wildman–Crippen MR) is 115 cm³/mol. The Morgan fingerprint density at radius 3 is 2.07 bits per heavy atom. The minimum Gasteiger partial charge on any atom is -0.465 e. The maximum Gasteiger partial charge on any atom is 0.337 e. The molecule has 0 heterocycles. The van der Waals surface area contributed by atoms with Crippen LogP contribution in [-0.2, 0) is 11.3 Å². The van der Waals surface area contributed by atoms with Crippen LogP contribution in [0.15, 0.2) is 72.8 Å². The highest BCUT2D eigenvalue weighted by Crippen LogP contribution is 2.16. The van der Waals surface area contributed by atoms with Crippen LogP contribution < -0.4 is 21.7 Å². The van der Waals surface area contributed by atoms with E-state index >= 15 is 0 Å². The van der Waals surface area contributed by atoms with Crippen LogP contribution in [-0.4, -0.2) is 19.1 Å². The average Bonchev–Trinajstić information content (AvgIpc) is 2.74. The average molecular weight is 390 g/mol. The molecule has 0 aliphatic heterocycles. The Morgan fingerprint density at radius 1 is 0.862 bits per heavy atom. The third-order valence-corrected chi connectivity index (χ3v) is 4.16. The van der Waals surface area contributed by atoms with Crippen molar-refractivity contribution in [2.75, 3.05) is 28.8 Å². The second-order valence-electron chi connectivity index (χ2n) is 6.32. The summed E-state index contributed by atoms with van der Waals surface area (Å²) in [7, 11) is 1.36. The van der Waals surface area contributed by atoms with Gasteiger partial charge in [0.05, 0.1) is 12.7 Å². The Hall–Kier alpha value is -4.00. The summed E-state index contributed by atoms with van der Waals surface area (Å²) in [5.41, 5.74) is 9.94. The smallest absolute Gasteiger partial charge is 0.337 e. The Balaban J connectivity index is 1.53. The van der Waals surface area contributed by atoms with Crippen LogP contribution in [0.1, 0.15) is 15.9 Å². The highest BCUT2D eigenvalue weighted by molar-refractivity contribution is 5.99. The number of amides is 2. The molecule has 0 aromatic heterocycles. The predicted octanol–water partition coefficient (Wildman–Crippen LogP) is 4.31. The van der Waals surface area contributed by atoms with Gasteiger partial charge in [0.25, 0.3) is 0 Å². The standard InChI is InChI=1S/C22H22N4O3/c1-29-21(27)16-4-2-3-15(13-16)14-24-18-9-11-20(12-10-18)26-22(28)25-19-7-5-17(23)6-8-19/h2-13,24H,14,23H2,1H3,(H2,25,26,28). The third kappa shape index (κ3) is 5.74. The number of carbonyl (C=O) groups excluding carboxylic acids is 2. The summed E-state index contributed by atoms with van der Waals surface area (Å²) in [5.74, 6) is -0.362. The molecule has 0 spiro atoms. The van der Waals surface area contributed by atoms with E-state index in [0.29, 0.717) is 29.2 Å². The lowest BCUT2D eigenvalue weighted by atomic mass is 10.1. The van der Waals surface area contributed by atoms with Crippen LogP contribution in [0.4, 0.5) is 27.5 Å². The molecule has 7 nitrogen and oxygen atoms in total. The van der Waals surface area contributed by atoms with Crippen LogP contribution in [0.5, 0.6) is 0 Å². The first-order valence-electron chi connectivity index (χ1n) is 8.98. The molecule has 3 rings (SSSR count). The molecule has 2 amide bonds. The topological polar surface area (TPSA) is 105 Å². The first kappa shape index (κ1) is 19.8. The van der Waals surface area contributed by atoms with E-state index in [2.05, 4.69) is 16.0 Å². The third-order valence-electron chi connectivity index (χ3n) is 4.16. The van der Waals surface area contributed by atoms with Crippen molar-refractivity contribution in [1.82, 2.24) is 0 Å². The molecule has 3 aromatic carbocycles. The molecule has 0 aliphatic carbocycles. The van der Waals surface area contributed by atoms with Gasteiger partial charge < -0.3 is 26.4 Å². The number of urea groups is 1. The van der Waals surface area contributed by atoms with Gasteiger partial charge in [0.1, 0.15) is 0 Å². The lowest BCUT2D eigenvalue weighted by Crippen LogP contribution is -2.19. The van der Waals surface area contributed by atoms with Crippen molar-refractivity contribution in [1.29, 1.82) is 0 Å². The number of hydrogen-bond acceptors (Lipinski definition) is 5. The van der Waals surface area contributed by atoms with Gasteiger partial charge >= 0.3 is 12.0 Å². The van der Waals surface area contributed by atoms with Gasteiger partial charge in [-0.2, -0.15) is 0 Å². The fourth-order valence-corrected chi connectivity index (χ4v) is 2.66. The quantitative estimate of drug-likeness (QED) is 0.371. The number of esters is 1. The van der Waals surface area contributed by atoms with Crippen LogP contribution in [0.3, 0.4) is 0 Å². The fraction of sp³-hybridized carbons (Fsp3) is 0.0909. The van der Waals surface area contributed by atoms with Crippen molar-refractivity contribution in [3.05, 3.63) is 83.9 Å². The Kier molecular flexibility index (Phi) is 6.32. The molecule has 148 valence electrons. The Labute approximate surface area is 168 Å². The Morgan fingerprint density at radius 2 is 1.45 bits per heavy atom. The molecule has 29 heavy (non-hydrogen) atoms. The van der Waals surface area contributed by atoms with Crippen molar-refractivity contribution >= 4 is 34.7 Å². The number of nitrogens with one attached hydrogen (secondary N) is 3. The summed E-state index contributed by atoms with van der Waals surface area (Å²) in [6, 6.07) is 21.1. The molecule has 0 saturated heterocycles. The minimum atomic E-state index is -0.362. The number of benzene rings is 3. The van der Waals surface area contributed by atoms with E-state index < -0.39 is 0 Å². The van der Waals surface area contributed by atoms with Crippen LogP contribution in [0, 0.1) is 0 Å². The molecule has 0 bridgehead atoms. The van der Waals surface area contributed by atoms with Crippen molar-refractivity contribution in [2.45, 2.75) is 6.54 Å². The van der Waals surface area contributed by atoms with Gasteiger partial charge in [0.2, 0.25) is 0 Å². The number of nitrogens with two attached hydrogens (primary N) is 1. The minimum absolute atomic E-state index is 0.338. The van der Waals surface area contributed by atoms with Crippen molar-refractivity contribution in [2.24, 2.45) is 0 Å². The van der Waals surface area contributed by atoms with Gasteiger partial charge in [0, 0.05) is 29.3 Å². The summed E-state index contributed by atoms with van der Waals surface area (Å²) in [6.07, 6.45) is 0. The van der Waals surface area contributed by atoms with Gasteiger partial charge in [-0.05, 0) is 66.2 Å². The number of ether oxygens (including phenoxy) is 1. The molecule has 0 saturated carbocycles. The first-order chi connectivity index (χ1) is 14.0. The maximum atomic E-state index is 12.1. The molecule has 0 fully saturated rings. The number of anilines is 4. The van der Waals surface area contributed by atoms with Crippen LogP contribution >= 0.6 is 0 Å². The highest BCUT2D eigenvalue weighted by Gasteiger charge is 2.06. The van der Waals surface area contributed by atoms with Gasteiger partial charge in [-0.1, -0.05) is 12.1 Å². The zero-order valence-corrected chi connectivity index (χ0v) is 15.9. The number of carbonyl (C=O) groups is 2.